The number of halogens is 1. The van der Waals surface area contributed by atoms with Gasteiger partial charge in [-0.2, -0.15) is 0 Å². The van der Waals surface area contributed by atoms with Crippen LogP contribution in [0, 0.1) is 5.82 Å². The van der Waals surface area contributed by atoms with Crippen molar-refractivity contribution >= 4 is 27.3 Å². The maximum Gasteiger partial charge on any atom is 0.325 e. The Balaban J connectivity index is 1.82. The third-order valence-corrected chi connectivity index (χ3v) is 5.03. The zero-order valence-electron chi connectivity index (χ0n) is 14.5. The third kappa shape index (κ3) is 4.68. The van der Waals surface area contributed by atoms with E-state index >= 15 is 0 Å². The molecule has 1 amide bonds. The van der Waals surface area contributed by atoms with E-state index in [9.17, 15) is 27.2 Å². The van der Waals surface area contributed by atoms with Crippen LogP contribution < -0.4 is 26.8 Å². The number of para-hydroxylation sites is 1. The van der Waals surface area contributed by atoms with Crippen LogP contribution in [0.25, 0.3) is 0 Å². The molecular weight excluding hydrogens is 405 g/mol. The fourth-order valence-electron chi connectivity index (χ4n) is 2.30. The molecule has 0 atom stereocenters. The number of sulfonamides is 1. The number of hydrazine groups is 1. The van der Waals surface area contributed by atoms with E-state index < -0.39 is 37.9 Å². The van der Waals surface area contributed by atoms with Crippen molar-refractivity contribution in [2.24, 2.45) is 0 Å². The molecule has 0 saturated carbocycles. The van der Waals surface area contributed by atoms with Crippen molar-refractivity contribution in [2.75, 3.05) is 10.1 Å². The molecule has 1 aromatic heterocycles. The molecule has 29 heavy (non-hydrogen) atoms. The Hall–Kier alpha value is -3.93. The molecule has 0 saturated heterocycles. The van der Waals surface area contributed by atoms with Crippen LogP contribution in [0.1, 0.15) is 10.4 Å². The summed E-state index contributed by atoms with van der Waals surface area (Å²) in [4.78, 5) is 38.4. The molecule has 5 N–H and O–H groups in total. The summed E-state index contributed by atoms with van der Waals surface area (Å²) in [5.41, 5.74) is 3.21. The Morgan fingerprint density at radius 3 is 2.38 bits per heavy atom. The molecule has 12 heteroatoms. The summed E-state index contributed by atoms with van der Waals surface area (Å²) in [6, 6.07) is 10.9. The number of amides is 1. The highest BCUT2D eigenvalue weighted by molar-refractivity contribution is 7.92. The minimum Gasteiger partial charge on any atom is -0.313 e. The SMILES string of the molecule is O=C(NNc1ccc(F)cc1)c1ccccc1NS(=O)(=O)c1c[nH]c(=O)[nH]c1=O. The molecule has 0 bridgehead atoms. The fourth-order valence-corrected chi connectivity index (χ4v) is 3.38. The number of hydrogen-bond acceptors (Lipinski definition) is 6. The summed E-state index contributed by atoms with van der Waals surface area (Å²) < 4.78 is 40.0. The standard InChI is InChI=1S/C17H14FN5O5S/c18-10-5-7-11(8-6-10)21-22-15(24)12-3-1-2-4-13(12)23-29(27,28)14-9-19-17(26)20-16(14)25/h1-9,21,23H,(H,22,24)(H2,19,20,25,26). The van der Waals surface area contributed by atoms with E-state index in [-0.39, 0.29) is 11.3 Å². The number of aromatic amines is 2. The maximum absolute atomic E-state index is 12.9. The average molecular weight is 419 g/mol. The molecule has 0 radical (unpaired) electrons. The van der Waals surface area contributed by atoms with Crippen molar-refractivity contribution in [1.82, 2.24) is 15.4 Å². The van der Waals surface area contributed by atoms with Crippen molar-refractivity contribution in [1.29, 1.82) is 0 Å². The van der Waals surface area contributed by atoms with Gasteiger partial charge >= 0.3 is 5.69 Å². The van der Waals surface area contributed by atoms with Gasteiger partial charge in [-0.15, -0.1) is 0 Å². The summed E-state index contributed by atoms with van der Waals surface area (Å²) >= 11 is 0. The lowest BCUT2D eigenvalue weighted by Crippen LogP contribution is -2.32. The summed E-state index contributed by atoms with van der Waals surface area (Å²) in [6.07, 6.45) is 0.752. The molecule has 2 aromatic carbocycles. The van der Waals surface area contributed by atoms with Crippen molar-refractivity contribution in [3.05, 3.63) is 86.9 Å². The molecule has 3 aromatic rings. The molecule has 0 aliphatic heterocycles. The molecule has 0 aliphatic carbocycles. The second-order valence-corrected chi connectivity index (χ2v) is 7.32. The zero-order chi connectivity index (χ0) is 21.0. The molecule has 150 valence electrons. The van der Waals surface area contributed by atoms with Crippen LogP contribution in [-0.4, -0.2) is 24.3 Å². The van der Waals surface area contributed by atoms with Gasteiger partial charge in [0, 0.05) is 6.20 Å². The van der Waals surface area contributed by atoms with Gasteiger partial charge in [-0.3, -0.25) is 30.1 Å². The Morgan fingerprint density at radius 1 is 1.00 bits per heavy atom. The van der Waals surface area contributed by atoms with Crippen molar-refractivity contribution in [3.63, 3.8) is 0 Å². The van der Waals surface area contributed by atoms with E-state index in [2.05, 4.69) is 20.6 Å². The van der Waals surface area contributed by atoms with E-state index in [1.54, 1.807) is 0 Å². The Morgan fingerprint density at radius 2 is 1.69 bits per heavy atom. The predicted molar refractivity (Wildman–Crippen MR) is 102 cm³/mol. The van der Waals surface area contributed by atoms with E-state index in [1.807, 2.05) is 4.98 Å². The first-order valence-electron chi connectivity index (χ1n) is 8.02. The number of carbonyl (C=O) groups is 1. The normalized spacial score (nSPS) is 10.9. The summed E-state index contributed by atoms with van der Waals surface area (Å²) in [5, 5.41) is 0. The summed E-state index contributed by atoms with van der Waals surface area (Å²) in [6.45, 7) is 0. The monoisotopic (exact) mass is 419 g/mol. The summed E-state index contributed by atoms with van der Waals surface area (Å²) in [5.74, 6) is -1.14. The fraction of sp³-hybridized carbons (Fsp3) is 0. The molecule has 0 unspecified atom stereocenters. The number of carbonyl (C=O) groups excluding carboxylic acids is 1. The number of anilines is 2. The van der Waals surface area contributed by atoms with E-state index in [1.165, 1.54) is 48.5 Å². The van der Waals surface area contributed by atoms with Crippen LogP contribution >= 0.6 is 0 Å². The number of nitrogens with one attached hydrogen (secondary N) is 5. The Labute approximate surface area is 162 Å². The molecule has 10 nitrogen and oxygen atoms in total. The van der Waals surface area contributed by atoms with Gasteiger partial charge in [-0.1, -0.05) is 12.1 Å². The van der Waals surface area contributed by atoms with Crippen molar-refractivity contribution in [2.45, 2.75) is 4.90 Å². The lowest BCUT2D eigenvalue weighted by atomic mass is 10.2. The highest BCUT2D eigenvalue weighted by atomic mass is 32.2. The summed E-state index contributed by atoms with van der Waals surface area (Å²) in [7, 11) is -4.39. The van der Waals surface area contributed by atoms with Crippen molar-refractivity contribution in [3.8, 4) is 0 Å². The van der Waals surface area contributed by atoms with Crippen LogP contribution in [-0.2, 0) is 10.0 Å². The lowest BCUT2D eigenvalue weighted by molar-refractivity contribution is 0.0963. The van der Waals surface area contributed by atoms with Crippen LogP contribution in [0.3, 0.4) is 0 Å². The minimum absolute atomic E-state index is 0.0495. The molecule has 1 heterocycles. The zero-order valence-corrected chi connectivity index (χ0v) is 15.3. The number of hydrogen-bond donors (Lipinski definition) is 5. The van der Waals surface area contributed by atoms with Gasteiger partial charge in [0.05, 0.1) is 16.9 Å². The van der Waals surface area contributed by atoms with Gasteiger partial charge in [0.2, 0.25) is 0 Å². The van der Waals surface area contributed by atoms with Gasteiger partial charge < -0.3 is 4.98 Å². The van der Waals surface area contributed by atoms with Crippen LogP contribution in [0.15, 0.2) is 69.2 Å². The lowest BCUT2D eigenvalue weighted by Gasteiger charge is -2.13. The quantitative estimate of drug-likeness (QED) is 0.372. The van der Waals surface area contributed by atoms with E-state index in [0.29, 0.717) is 5.69 Å². The Bertz CT molecular complexity index is 1270. The first-order chi connectivity index (χ1) is 13.8. The number of benzene rings is 2. The second-order valence-electron chi connectivity index (χ2n) is 5.67. The molecule has 0 fully saturated rings. The highest BCUT2D eigenvalue weighted by Gasteiger charge is 2.21. The van der Waals surface area contributed by atoms with Gasteiger partial charge in [0.15, 0.2) is 4.90 Å². The topological polar surface area (TPSA) is 153 Å². The number of rotatable bonds is 6. The van der Waals surface area contributed by atoms with Crippen molar-refractivity contribution < 1.29 is 17.6 Å². The van der Waals surface area contributed by atoms with Gasteiger partial charge in [-0.25, -0.2) is 17.6 Å². The predicted octanol–water partition coefficient (Wildman–Crippen LogP) is 0.760. The van der Waals surface area contributed by atoms with Crippen LogP contribution in [0.5, 0.6) is 0 Å². The van der Waals surface area contributed by atoms with E-state index in [0.717, 1.165) is 6.20 Å². The average Bonchev–Trinajstić information content (AvgIpc) is 2.67. The molecule has 0 aliphatic rings. The van der Waals surface area contributed by atoms with E-state index in [4.69, 9.17) is 0 Å². The van der Waals surface area contributed by atoms with Gasteiger partial charge in [0.1, 0.15) is 5.82 Å². The number of aromatic nitrogens is 2. The smallest absolute Gasteiger partial charge is 0.313 e. The molecule has 0 spiro atoms. The molecular formula is C17H14FN5O5S. The molecule has 3 rings (SSSR count). The van der Waals surface area contributed by atoms with Gasteiger partial charge in [0.25, 0.3) is 21.5 Å². The number of H-pyrrole nitrogens is 2. The first-order valence-corrected chi connectivity index (χ1v) is 9.50. The first kappa shape index (κ1) is 19.8. The Kier molecular flexibility index (Phi) is 5.45. The maximum atomic E-state index is 12.9. The van der Waals surface area contributed by atoms with Crippen LogP contribution in [0.4, 0.5) is 15.8 Å². The largest absolute Gasteiger partial charge is 0.325 e. The van der Waals surface area contributed by atoms with Crippen LogP contribution in [0.2, 0.25) is 0 Å². The highest BCUT2D eigenvalue weighted by Crippen LogP contribution is 2.18. The van der Waals surface area contributed by atoms with Gasteiger partial charge in [-0.05, 0) is 36.4 Å². The third-order valence-electron chi connectivity index (χ3n) is 3.66. The second kappa shape index (κ2) is 7.98. The minimum atomic E-state index is -4.39.